The summed E-state index contributed by atoms with van der Waals surface area (Å²) in [6.07, 6.45) is 23.0. The molecule has 4 aliphatic carbocycles. The Balaban J connectivity index is 1.23. The zero-order chi connectivity index (χ0) is 31.0. The molecule has 2 N–H and O–H groups in total. The molecule has 4 saturated carbocycles. The summed E-state index contributed by atoms with van der Waals surface area (Å²) >= 11 is 0. The van der Waals surface area contributed by atoms with Crippen LogP contribution in [0, 0.1) is 46.3 Å². The Kier molecular flexibility index (Phi) is 12.4. The van der Waals surface area contributed by atoms with Crippen LogP contribution in [-0.2, 0) is 19.1 Å². The third kappa shape index (κ3) is 8.37. The molecule has 4 fully saturated rings. The molecule has 43 heavy (non-hydrogen) atoms. The van der Waals surface area contributed by atoms with Crippen molar-refractivity contribution in [1.82, 2.24) is 5.32 Å². The molecule has 0 spiro atoms. The molecule has 0 heterocycles. The van der Waals surface area contributed by atoms with Gasteiger partial charge in [-0.25, -0.2) is 0 Å². The molecule has 0 radical (unpaired) electrons. The molecule has 0 bridgehead atoms. The summed E-state index contributed by atoms with van der Waals surface area (Å²) in [5.74, 6) is 3.07. The van der Waals surface area contributed by atoms with Crippen molar-refractivity contribution in [2.45, 2.75) is 162 Å². The van der Waals surface area contributed by atoms with E-state index in [1.807, 2.05) is 0 Å². The Bertz CT molecular complexity index is 936. The van der Waals surface area contributed by atoms with Crippen LogP contribution in [0.2, 0.25) is 0 Å². The van der Waals surface area contributed by atoms with Crippen molar-refractivity contribution in [3.05, 3.63) is 0 Å². The third-order valence-electron chi connectivity index (χ3n) is 13.2. The van der Waals surface area contributed by atoms with Crippen molar-refractivity contribution < 1.29 is 24.2 Å². The molecule has 6 nitrogen and oxygen atoms in total. The van der Waals surface area contributed by atoms with Gasteiger partial charge in [-0.3, -0.25) is 14.4 Å². The molecule has 0 aromatic carbocycles. The fourth-order valence-electron chi connectivity index (χ4n) is 10.8. The van der Waals surface area contributed by atoms with Gasteiger partial charge in [-0.05, 0) is 117 Å². The first kappa shape index (κ1) is 34.3. The lowest BCUT2D eigenvalue weighted by atomic mass is 9.44. The van der Waals surface area contributed by atoms with Crippen molar-refractivity contribution >= 4 is 17.8 Å². The minimum absolute atomic E-state index is 0.0344. The van der Waals surface area contributed by atoms with E-state index in [4.69, 9.17) is 9.84 Å². The number of fused-ring (bicyclic) bond motifs is 5. The molecule has 246 valence electrons. The smallest absolute Gasteiger partial charge is 0.322 e. The van der Waals surface area contributed by atoms with Gasteiger partial charge in [0, 0.05) is 12.8 Å². The average Bonchev–Trinajstić information content (AvgIpc) is 3.33. The van der Waals surface area contributed by atoms with Crippen LogP contribution in [0.5, 0.6) is 0 Å². The van der Waals surface area contributed by atoms with Gasteiger partial charge in [0.1, 0.15) is 12.6 Å². The molecular weight excluding hydrogens is 538 g/mol. The normalized spacial score (nSPS) is 35.7. The van der Waals surface area contributed by atoms with Gasteiger partial charge in [0.15, 0.2) is 0 Å². The zero-order valence-electron chi connectivity index (χ0n) is 28.0. The number of carbonyl (C=O) groups is 3. The second-order valence-corrected chi connectivity index (χ2v) is 15.7. The molecule has 4 aliphatic rings. The van der Waals surface area contributed by atoms with Crippen molar-refractivity contribution in [3.8, 4) is 0 Å². The first-order valence-electron chi connectivity index (χ1n) is 18.3. The Morgan fingerprint density at radius 3 is 2.23 bits per heavy atom. The molecule has 0 aromatic heterocycles. The van der Waals surface area contributed by atoms with E-state index >= 15 is 0 Å². The molecule has 0 saturated heterocycles. The second kappa shape index (κ2) is 15.6. The number of hydrogen-bond donors (Lipinski definition) is 2. The minimum Gasteiger partial charge on any atom is -0.480 e. The standard InChI is InChI=1S/C37H63NO5/c1-5-6-7-8-9-10-11-12-13-35(42)43-28-20-22-36(3)27(24-28)15-16-29-31-18-17-30(37(31,4)23-21-32(29)36)26(2)14-19-33(39)38-25-34(40)41/h26-32H,5-25H2,1-4H3,(H,38,39)(H,40,41). The summed E-state index contributed by atoms with van der Waals surface area (Å²) in [5.41, 5.74) is 0.723. The zero-order valence-corrected chi connectivity index (χ0v) is 28.0. The lowest BCUT2D eigenvalue weighted by Gasteiger charge is -2.61. The number of ether oxygens (including phenoxy) is 1. The second-order valence-electron chi connectivity index (χ2n) is 15.7. The van der Waals surface area contributed by atoms with E-state index < -0.39 is 5.97 Å². The molecule has 4 rings (SSSR count). The number of hydrogen-bond acceptors (Lipinski definition) is 4. The molecule has 0 aliphatic heterocycles. The van der Waals surface area contributed by atoms with Gasteiger partial charge in [-0.2, -0.15) is 0 Å². The number of unbranched alkanes of at least 4 members (excludes halogenated alkanes) is 7. The molecule has 6 heteroatoms. The minimum atomic E-state index is -0.990. The Morgan fingerprint density at radius 1 is 0.837 bits per heavy atom. The maximum absolute atomic E-state index is 12.7. The van der Waals surface area contributed by atoms with Gasteiger partial charge >= 0.3 is 11.9 Å². The lowest BCUT2D eigenvalue weighted by molar-refractivity contribution is -0.162. The van der Waals surface area contributed by atoms with E-state index in [9.17, 15) is 14.4 Å². The number of amides is 1. The molecular formula is C37H63NO5. The van der Waals surface area contributed by atoms with Gasteiger partial charge in [0.25, 0.3) is 0 Å². The number of aliphatic carboxylic acids is 1. The SMILES string of the molecule is CCCCCCCCCCC(=O)OC1CCC2(C)C(CCC3C2CCC2(C)C(C(C)CCC(=O)NCC(=O)O)CCC32)C1. The van der Waals surface area contributed by atoms with Crippen LogP contribution in [0.15, 0.2) is 0 Å². The number of rotatable bonds is 16. The monoisotopic (exact) mass is 601 g/mol. The first-order valence-corrected chi connectivity index (χ1v) is 18.3. The molecule has 9 atom stereocenters. The van der Waals surface area contributed by atoms with Gasteiger partial charge < -0.3 is 15.2 Å². The highest BCUT2D eigenvalue weighted by molar-refractivity contribution is 5.81. The number of esters is 1. The van der Waals surface area contributed by atoms with E-state index in [0.29, 0.717) is 41.4 Å². The predicted octanol–water partition coefficient (Wildman–Crippen LogP) is 8.71. The number of carboxylic acid groups (broad SMARTS) is 1. The van der Waals surface area contributed by atoms with E-state index in [0.717, 1.165) is 49.9 Å². The van der Waals surface area contributed by atoms with Crippen molar-refractivity contribution in [3.63, 3.8) is 0 Å². The summed E-state index contributed by atoms with van der Waals surface area (Å²) in [7, 11) is 0. The van der Waals surface area contributed by atoms with Crippen LogP contribution in [-0.4, -0.2) is 35.6 Å². The highest BCUT2D eigenvalue weighted by Gasteiger charge is 2.60. The van der Waals surface area contributed by atoms with Crippen LogP contribution >= 0.6 is 0 Å². The van der Waals surface area contributed by atoms with E-state index in [-0.39, 0.29) is 24.5 Å². The summed E-state index contributed by atoms with van der Waals surface area (Å²) < 4.78 is 6.08. The fourth-order valence-corrected chi connectivity index (χ4v) is 10.8. The molecule has 0 aromatic rings. The van der Waals surface area contributed by atoms with Crippen LogP contribution in [0.25, 0.3) is 0 Å². The highest BCUT2D eigenvalue weighted by Crippen LogP contribution is 2.68. The predicted molar refractivity (Wildman–Crippen MR) is 171 cm³/mol. The van der Waals surface area contributed by atoms with E-state index in [1.54, 1.807) is 0 Å². The Morgan fingerprint density at radius 2 is 1.51 bits per heavy atom. The maximum Gasteiger partial charge on any atom is 0.322 e. The lowest BCUT2D eigenvalue weighted by Crippen LogP contribution is -2.54. The van der Waals surface area contributed by atoms with Gasteiger partial charge in [-0.1, -0.05) is 72.6 Å². The maximum atomic E-state index is 12.7. The fraction of sp³-hybridized carbons (Fsp3) is 0.919. The largest absolute Gasteiger partial charge is 0.480 e. The number of nitrogens with one attached hydrogen (secondary N) is 1. The summed E-state index contributed by atoms with van der Waals surface area (Å²) in [4.78, 5) is 35.6. The van der Waals surface area contributed by atoms with Crippen molar-refractivity contribution in [1.29, 1.82) is 0 Å². The van der Waals surface area contributed by atoms with E-state index in [1.165, 1.54) is 83.5 Å². The summed E-state index contributed by atoms with van der Waals surface area (Å²) in [6.45, 7) is 9.43. The van der Waals surface area contributed by atoms with Crippen molar-refractivity contribution in [2.24, 2.45) is 46.3 Å². The van der Waals surface area contributed by atoms with Crippen LogP contribution in [0.3, 0.4) is 0 Å². The average molecular weight is 602 g/mol. The number of carboxylic acids is 1. The number of carbonyl (C=O) groups excluding carboxylic acids is 2. The Hall–Kier alpha value is -1.59. The highest BCUT2D eigenvalue weighted by atomic mass is 16.5. The van der Waals surface area contributed by atoms with Crippen molar-refractivity contribution in [2.75, 3.05) is 6.54 Å². The summed E-state index contributed by atoms with van der Waals surface area (Å²) in [5, 5.41) is 11.4. The van der Waals surface area contributed by atoms with Crippen LogP contribution < -0.4 is 5.32 Å². The molecule has 1 amide bonds. The topological polar surface area (TPSA) is 92.7 Å². The van der Waals surface area contributed by atoms with E-state index in [2.05, 4.69) is 33.0 Å². The van der Waals surface area contributed by atoms with Crippen LogP contribution in [0.4, 0.5) is 0 Å². The Labute approximate surface area is 262 Å². The van der Waals surface area contributed by atoms with Crippen LogP contribution in [0.1, 0.15) is 156 Å². The summed E-state index contributed by atoms with van der Waals surface area (Å²) in [6, 6.07) is 0. The van der Waals surface area contributed by atoms with Gasteiger partial charge in [-0.15, -0.1) is 0 Å². The third-order valence-corrected chi connectivity index (χ3v) is 13.2. The quantitative estimate of drug-likeness (QED) is 0.136. The molecule has 9 unspecified atom stereocenters. The van der Waals surface area contributed by atoms with Gasteiger partial charge in [0.05, 0.1) is 0 Å². The first-order chi connectivity index (χ1) is 20.6. The van der Waals surface area contributed by atoms with Gasteiger partial charge in [0.2, 0.25) is 5.91 Å².